The van der Waals surface area contributed by atoms with E-state index in [2.05, 4.69) is 25.7 Å². The molecule has 1 heterocycles. The van der Waals surface area contributed by atoms with E-state index in [1.54, 1.807) is 4.90 Å². The largest absolute Gasteiger partial charge is 0.348 e. The number of hydrogen-bond acceptors (Lipinski definition) is 2. The van der Waals surface area contributed by atoms with E-state index in [9.17, 15) is 4.79 Å². The summed E-state index contributed by atoms with van der Waals surface area (Å²) in [5.41, 5.74) is 0.342. The number of likely N-dealkylation sites (tertiary alicyclic amines) is 1. The van der Waals surface area contributed by atoms with Gasteiger partial charge in [-0.05, 0) is 33.2 Å². The Morgan fingerprint density at radius 1 is 1.50 bits per heavy atom. The second kappa shape index (κ2) is 5.67. The van der Waals surface area contributed by atoms with E-state index in [0.29, 0.717) is 11.5 Å². The third kappa shape index (κ3) is 3.21. The molecule has 0 aliphatic carbocycles. The summed E-state index contributed by atoms with van der Waals surface area (Å²) in [6.07, 6.45) is 4.62. The van der Waals surface area contributed by atoms with E-state index in [4.69, 9.17) is 0 Å². The Kier molecular flexibility index (Phi) is 4.78. The molecule has 0 aromatic rings. The normalized spacial score (nSPS) is 26.3. The molecule has 0 aromatic carbocycles. The van der Waals surface area contributed by atoms with Crippen molar-refractivity contribution in [1.82, 2.24) is 9.80 Å². The molecule has 16 heavy (non-hydrogen) atoms. The van der Waals surface area contributed by atoms with Crippen LogP contribution in [0.2, 0.25) is 0 Å². The van der Waals surface area contributed by atoms with Crippen molar-refractivity contribution in [3.63, 3.8) is 0 Å². The van der Waals surface area contributed by atoms with E-state index in [1.807, 2.05) is 7.05 Å². The highest BCUT2D eigenvalue weighted by Gasteiger charge is 2.38. The summed E-state index contributed by atoms with van der Waals surface area (Å²) in [5, 5.41) is 0. The minimum atomic E-state index is 0.342. The van der Waals surface area contributed by atoms with Crippen LogP contribution in [-0.2, 0) is 4.79 Å². The van der Waals surface area contributed by atoms with Crippen molar-refractivity contribution in [2.45, 2.75) is 46.1 Å². The predicted molar refractivity (Wildman–Crippen MR) is 67.4 cm³/mol. The van der Waals surface area contributed by atoms with Gasteiger partial charge in [-0.15, -0.1) is 0 Å². The predicted octanol–water partition coefficient (Wildman–Crippen LogP) is 1.98. The van der Waals surface area contributed by atoms with Gasteiger partial charge in [0.15, 0.2) is 0 Å². The maximum atomic E-state index is 10.8. The lowest BCUT2D eigenvalue weighted by molar-refractivity contribution is -0.118. The van der Waals surface area contributed by atoms with Crippen LogP contribution in [-0.4, -0.2) is 48.9 Å². The Balaban J connectivity index is 2.64. The van der Waals surface area contributed by atoms with Crippen molar-refractivity contribution in [3.05, 3.63) is 0 Å². The zero-order valence-corrected chi connectivity index (χ0v) is 11.2. The third-order valence-corrected chi connectivity index (χ3v) is 3.74. The first-order chi connectivity index (χ1) is 7.53. The molecular weight excluding hydrogens is 200 g/mol. The zero-order valence-electron chi connectivity index (χ0n) is 11.2. The van der Waals surface area contributed by atoms with Gasteiger partial charge in [-0.25, -0.2) is 0 Å². The molecule has 1 amide bonds. The molecule has 1 aliphatic heterocycles. The van der Waals surface area contributed by atoms with Crippen molar-refractivity contribution in [2.24, 2.45) is 5.41 Å². The number of rotatable bonds is 6. The van der Waals surface area contributed by atoms with Gasteiger partial charge in [-0.2, -0.15) is 0 Å². The SMILES string of the molecule is CCCC1(CN(C)C=O)CCN(C(C)C)C1. The quantitative estimate of drug-likeness (QED) is 0.647. The average Bonchev–Trinajstić information content (AvgIpc) is 2.63. The van der Waals surface area contributed by atoms with Crippen molar-refractivity contribution in [1.29, 1.82) is 0 Å². The zero-order chi connectivity index (χ0) is 12.2. The van der Waals surface area contributed by atoms with E-state index in [0.717, 1.165) is 19.5 Å². The second-order valence-corrected chi connectivity index (χ2v) is 5.58. The lowest BCUT2D eigenvalue weighted by Gasteiger charge is -2.33. The lowest BCUT2D eigenvalue weighted by atomic mass is 9.82. The van der Waals surface area contributed by atoms with Gasteiger partial charge >= 0.3 is 0 Å². The molecule has 0 saturated carbocycles. The fraction of sp³-hybridized carbons (Fsp3) is 0.923. The summed E-state index contributed by atoms with van der Waals surface area (Å²) in [4.78, 5) is 15.1. The maximum Gasteiger partial charge on any atom is 0.209 e. The van der Waals surface area contributed by atoms with Gasteiger partial charge in [0.1, 0.15) is 0 Å². The van der Waals surface area contributed by atoms with Gasteiger partial charge in [0.2, 0.25) is 6.41 Å². The van der Waals surface area contributed by atoms with Crippen molar-refractivity contribution >= 4 is 6.41 Å². The fourth-order valence-electron chi connectivity index (χ4n) is 2.92. The van der Waals surface area contributed by atoms with E-state index in [1.165, 1.54) is 25.8 Å². The second-order valence-electron chi connectivity index (χ2n) is 5.58. The summed E-state index contributed by atoms with van der Waals surface area (Å²) in [5.74, 6) is 0. The molecule has 1 fully saturated rings. The van der Waals surface area contributed by atoms with E-state index >= 15 is 0 Å². The van der Waals surface area contributed by atoms with Gasteiger partial charge in [-0.1, -0.05) is 13.3 Å². The molecule has 1 atom stereocenters. The summed E-state index contributed by atoms with van der Waals surface area (Å²) < 4.78 is 0. The Morgan fingerprint density at radius 2 is 2.19 bits per heavy atom. The standard InChI is InChI=1S/C13H26N2O/c1-5-6-13(9-14(4)11-16)7-8-15(10-13)12(2)3/h11-12H,5-10H2,1-4H3. The highest BCUT2D eigenvalue weighted by atomic mass is 16.1. The summed E-state index contributed by atoms with van der Waals surface area (Å²) in [6.45, 7) is 9.99. The van der Waals surface area contributed by atoms with Gasteiger partial charge in [0.05, 0.1) is 0 Å². The summed E-state index contributed by atoms with van der Waals surface area (Å²) in [6, 6.07) is 0.625. The van der Waals surface area contributed by atoms with Crippen molar-refractivity contribution in [3.8, 4) is 0 Å². The van der Waals surface area contributed by atoms with Gasteiger partial charge in [-0.3, -0.25) is 4.79 Å². The highest BCUT2D eigenvalue weighted by Crippen LogP contribution is 2.36. The van der Waals surface area contributed by atoms with Crippen LogP contribution in [0.3, 0.4) is 0 Å². The number of nitrogens with zero attached hydrogens (tertiary/aromatic N) is 2. The molecule has 94 valence electrons. The molecule has 0 N–H and O–H groups in total. The van der Waals surface area contributed by atoms with Crippen LogP contribution in [0.15, 0.2) is 0 Å². The van der Waals surface area contributed by atoms with Crippen LogP contribution < -0.4 is 0 Å². The fourth-order valence-corrected chi connectivity index (χ4v) is 2.92. The van der Waals surface area contributed by atoms with Crippen LogP contribution in [0.5, 0.6) is 0 Å². The number of hydrogen-bond donors (Lipinski definition) is 0. The first-order valence-electron chi connectivity index (χ1n) is 6.42. The third-order valence-electron chi connectivity index (χ3n) is 3.74. The molecular formula is C13H26N2O. The molecule has 0 bridgehead atoms. The number of carbonyl (C=O) groups excluding carboxylic acids is 1. The van der Waals surface area contributed by atoms with Crippen LogP contribution >= 0.6 is 0 Å². The Labute approximate surface area is 99.8 Å². The van der Waals surface area contributed by atoms with Crippen molar-refractivity contribution < 1.29 is 4.79 Å². The number of carbonyl (C=O) groups is 1. The molecule has 1 rings (SSSR count). The van der Waals surface area contributed by atoms with Gasteiger partial charge < -0.3 is 9.80 Å². The van der Waals surface area contributed by atoms with E-state index in [-0.39, 0.29) is 0 Å². The van der Waals surface area contributed by atoms with Gasteiger partial charge in [0.25, 0.3) is 0 Å². The number of amides is 1. The van der Waals surface area contributed by atoms with Crippen LogP contribution in [0.1, 0.15) is 40.0 Å². The minimum absolute atomic E-state index is 0.342. The maximum absolute atomic E-state index is 10.8. The molecule has 1 aliphatic rings. The van der Waals surface area contributed by atoms with Crippen LogP contribution in [0, 0.1) is 5.41 Å². The topological polar surface area (TPSA) is 23.6 Å². The lowest BCUT2D eigenvalue weighted by Crippen LogP contribution is -2.39. The Morgan fingerprint density at radius 3 is 2.62 bits per heavy atom. The molecule has 3 nitrogen and oxygen atoms in total. The molecule has 1 saturated heterocycles. The monoisotopic (exact) mass is 226 g/mol. The average molecular weight is 226 g/mol. The first kappa shape index (κ1) is 13.5. The minimum Gasteiger partial charge on any atom is -0.348 e. The summed E-state index contributed by atoms with van der Waals surface area (Å²) >= 11 is 0. The molecule has 1 unspecified atom stereocenters. The smallest absolute Gasteiger partial charge is 0.209 e. The summed E-state index contributed by atoms with van der Waals surface area (Å²) in [7, 11) is 1.89. The first-order valence-corrected chi connectivity index (χ1v) is 6.42. The highest BCUT2D eigenvalue weighted by molar-refractivity contribution is 5.46. The van der Waals surface area contributed by atoms with Crippen molar-refractivity contribution in [2.75, 3.05) is 26.7 Å². The molecule has 3 heteroatoms. The van der Waals surface area contributed by atoms with Gasteiger partial charge in [0, 0.05) is 31.6 Å². The van der Waals surface area contributed by atoms with Crippen LogP contribution in [0.4, 0.5) is 0 Å². The van der Waals surface area contributed by atoms with E-state index < -0.39 is 0 Å². The Hall–Kier alpha value is -0.570. The molecule has 0 radical (unpaired) electrons. The van der Waals surface area contributed by atoms with Crippen LogP contribution in [0.25, 0.3) is 0 Å². The molecule has 0 spiro atoms. The molecule has 0 aromatic heterocycles. The Bertz CT molecular complexity index is 230.